The zero-order valence-corrected chi connectivity index (χ0v) is 9.57. The third-order valence-corrected chi connectivity index (χ3v) is 4.11. The van der Waals surface area contributed by atoms with E-state index in [2.05, 4.69) is 0 Å². The first-order valence-electron chi connectivity index (χ1n) is 4.74. The monoisotopic (exact) mass is 232 g/mol. The maximum absolute atomic E-state index is 9.98. The van der Waals surface area contributed by atoms with Gasteiger partial charge in [-0.15, -0.1) is 11.3 Å². The van der Waals surface area contributed by atoms with E-state index in [4.69, 9.17) is 16.3 Å². The Labute approximate surface area is 92.5 Å². The number of thiophene rings is 1. The van der Waals surface area contributed by atoms with Crippen LogP contribution in [0.25, 0.3) is 0 Å². The lowest BCUT2D eigenvalue weighted by Crippen LogP contribution is -2.15. The SMILES string of the molecule is Cc1cc(C(O)C2CCCO2)sc1Cl. The molecule has 0 saturated carbocycles. The van der Waals surface area contributed by atoms with Gasteiger partial charge in [-0.3, -0.25) is 0 Å². The summed E-state index contributed by atoms with van der Waals surface area (Å²) in [6, 6.07) is 1.94. The normalized spacial score (nSPS) is 24.1. The van der Waals surface area contributed by atoms with Gasteiger partial charge in [0.25, 0.3) is 0 Å². The quantitative estimate of drug-likeness (QED) is 0.850. The Hall–Kier alpha value is -0.0900. The molecule has 2 heterocycles. The molecule has 1 saturated heterocycles. The van der Waals surface area contributed by atoms with Crippen molar-refractivity contribution in [2.75, 3.05) is 6.61 Å². The number of hydrogen-bond acceptors (Lipinski definition) is 3. The van der Waals surface area contributed by atoms with E-state index in [1.165, 1.54) is 11.3 Å². The van der Waals surface area contributed by atoms with Crippen molar-refractivity contribution in [3.63, 3.8) is 0 Å². The molecular weight excluding hydrogens is 220 g/mol. The van der Waals surface area contributed by atoms with Crippen molar-refractivity contribution < 1.29 is 9.84 Å². The Balaban J connectivity index is 2.13. The van der Waals surface area contributed by atoms with Gasteiger partial charge in [0, 0.05) is 11.5 Å². The Morgan fingerprint density at radius 2 is 2.50 bits per heavy atom. The fourth-order valence-electron chi connectivity index (χ4n) is 1.66. The van der Waals surface area contributed by atoms with Crippen LogP contribution in [0.15, 0.2) is 6.07 Å². The molecule has 14 heavy (non-hydrogen) atoms. The van der Waals surface area contributed by atoms with Gasteiger partial charge in [-0.1, -0.05) is 11.6 Å². The van der Waals surface area contributed by atoms with Crippen LogP contribution >= 0.6 is 22.9 Å². The van der Waals surface area contributed by atoms with Crippen LogP contribution in [-0.4, -0.2) is 17.8 Å². The van der Waals surface area contributed by atoms with Gasteiger partial charge in [0.15, 0.2) is 0 Å². The van der Waals surface area contributed by atoms with Crippen LogP contribution in [-0.2, 0) is 4.74 Å². The summed E-state index contributed by atoms with van der Waals surface area (Å²) in [7, 11) is 0. The van der Waals surface area contributed by atoms with Gasteiger partial charge in [-0.25, -0.2) is 0 Å². The second kappa shape index (κ2) is 4.19. The van der Waals surface area contributed by atoms with Crippen LogP contribution in [0.4, 0.5) is 0 Å². The highest BCUT2D eigenvalue weighted by Crippen LogP contribution is 2.35. The highest BCUT2D eigenvalue weighted by molar-refractivity contribution is 7.16. The average Bonchev–Trinajstić information content (AvgIpc) is 2.76. The number of hydrogen-bond donors (Lipinski definition) is 1. The fourth-order valence-corrected chi connectivity index (χ4v) is 2.92. The van der Waals surface area contributed by atoms with Crippen molar-refractivity contribution in [2.24, 2.45) is 0 Å². The molecule has 0 aromatic carbocycles. The third kappa shape index (κ3) is 1.96. The van der Waals surface area contributed by atoms with Gasteiger partial charge < -0.3 is 9.84 Å². The van der Waals surface area contributed by atoms with E-state index in [0.717, 1.165) is 34.2 Å². The maximum atomic E-state index is 9.98. The number of ether oxygens (including phenoxy) is 1. The standard InChI is InChI=1S/C10H13ClO2S/c1-6-5-8(14-10(6)11)9(12)7-3-2-4-13-7/h5,7,9,12H,2-4H2,1H3. The molecule has 1 aliphatic heterocycles. The smallest absolute Gasteiger partial charge is 0.114 e. The molecule has 2 rings (SSSR count). The largest absolute Gasteiger partial charge is 0.385 e. The van der Waals surface area contributed by atoms with Gasteiger partial charge >= 0.3 is 0 Å². The van der Waals surface area contributed by atoms with Crippen LogP contribution in [0.3, 0.4) is 0 Å². The van der Waals surface area contributed by atoms with Gasteiger partial charge in [-0.05, 0) is 31.4 Å². The second-order valence-corrected chi connectivity index (χ2v) is 5.29. The molecular formula is C10H13ClO2S. The molecule has 2 atom stereocenters. The lowest BCUT2D eigenvalue weighted by atomic mass is 10.1. The van der Waals surface area contributed by atoms with Crippen LogP contribution in [0.5, 0.6) is 0 Å². The second-order valence-electron chi connectivity index (χ2n) is 3.60. The molecule has 1 aromatic rings. The lowest BCUT2D eigenvalue weighted by Gasteiger charge is -2.15. The highest BCUT2D eigenvalue weighted by atomic mass is 35.5. The molecule has 1 N–H and O–H groups in total. The van der Waals surface area contributed by atoms with Crippen molar-refractivity contribution in [3.8, 4) is 0 Å². The Morgan fingerprint density at radius 3 is 3.00 bits per heavy atom. The minimum Gasteiger partial charge on any atom is -0.385 e. The predicted molar refractivity (Wildman–Crippen MR) is 58.0 cm³/mol. The Kier molecular flexibility index (Phi) is 3.12. The Morgan fingerprint density at radius 1 is 1.71 bits per heavy atom. The Bertz CT molecular complexity index is 298. The van der Waals surface area contributed by atoms with E-state index >= 15 is 0 Å². The van der Waals surface area contributed by atoms with E-state index in [0.29, 0.717) is 0 Å². The summed E-state index contributed by atoms with van der Waals surface area (Å²) in [5.41, 5.74) is 1.03. The number of aliphatic hydroxyl groups excluding tert-OH is 1. The van der Waals surface area contributed by atoms with E-state index in [1.807, 2.05) is 13.0 Å². The van der Waals surface area contributed by atoms with Crippen LogP contribution in [0, 0.1) is 6.92 Å². The molecule has 0 radical (unpaired) electrons. The minimum absolute atomic E-state index is 0.0379. The van der Waals surface area contributed by atoms with Crippen LogP contribution in [0.2, 0.25) is 4.34 Å². The molecule has 4 heteroatoms. The van der Waals surface area contributed by atoms with E-state index in [9.17, 15) is 5.11 Å². The third-order valence-electron chi connectivity index (χ3n) is 2.48. The van der Waals surface area contributed by atoms with Crippen molar-refractivity contribution in [2.45, 2.75) is 32.0 Å². The first-order chi connectivity index (χ1) is 6.68. The summed E-state index contributed by atoms with van der Waals surface area (Å²) >= 11 is 7.39. The summed E-state index contributed by atoms with van der Waals surface area (Å²) in [6.45, 7) is 2.71. The molecule has 2 unspecified atom stereocenters. The van der Waals surface area contributed by atoms with Gasteiger partial charge in [0.1, 0.15) is 6.10 Å². The van der Waals surface area contributed by atoms with Crippen molar-refractivity contribution in [1.82, 2.24) is 0 Å². The molecule has 0 bridgehead atoms. The molecule has 1 fully saturated rings. The minimum atomic E-state index is -0.506. The van der Waals surface area contributed by atoms with E-state index in [1.54, 1.807) is 0 Å². The van der Waals surface area contributed by atoms with Crippen molar-refractivity contribution in [1.29, 1.82) is 0 Å². The zero-order chi connectivity index (χ0) is 10.1. The molecule has 0 spiro atoms. The predicted octanol–water partition coefficient (Wildman–Crippen LogP) is 2.92. The summed E-state index contributed by atoms with van der Waals surface area (Å²) in [6.07, 6.45) is 1.44. The topological polar surface area (TPSA) is 29.5 Å². The van der Waals surface area contributed by atoms with Gasteiger partial charge in [0.05, 0.1) is 10.4 Å². The van der Waals surface area contributed by atoms with Crippen molar-refractivity contribution >= 4 is 22.9 Å². The number of aryl methyl sites for hydroxylation is 1. The van der Waals surface area contributed by atoms with E-state index in [-0.39, 0.29) is 6.10 Å². The van der Waals surface area contributed by atoms with Crippen LogP contribution < -0.4 is 0 Å². The summed E-state index contributed by atoms with van der Waals surface area (Å²) in [5.74, 6) is 0. The summed E-state index contributed by atoms with van der Waals surface area (Å²) < 4.78 is 6.19. The fraction of sp³-hybridized carbons (Fsp3) is 0.600. The molecule has 1 aromatic heterocycles. The van der Waals surface area contributed by atoms with Gasteiger partial charge in [0.2, 0.25) is 0 Å². The number of aliphatic hydroxyl groups is 1. The highest BCUT2D eigenvalue weighted by Gasteiger charge is 2.26. The maximum Gasteiger partial charge on any atom is 0.114 e. The summed E-state index contributed by atoms with van der Waals surface area (Å²) in [5, 5.41) is 9.98. The molecule has 1 aliphatic rings. The van der Waals surface area contributed by atoms with Crippen LogP contribution in [0.1, 0.15) is 29.4 Å². The average molecular weight is 233 g/mol. The number of halogens is 1. The lowest BCUT2D eigenvalue weighted by molar-refractivity contribution is -0.000785. The first-order valence-corrected chi connectivity index (χ1v) is 5.93. The molecule has 2 nitrogen and oxygen atoms in total. The number of rotatable bonds is 2. The first kappa shape index (κ1) is 10.4. The summed E-state index contributed by atoms with van der Waals surface area (Å²) in [4.78, 5) is 0.916. The molecule has 0 amide bonds. The molecule has 78 valence electrons. The van der Waals surface area contributed by atoms with E-state index < -0.39 is 6.10 Å². The zero-order valence-electron chi connectivity index (χ0n) is 8.00. The van der Waals surface area contributed by atoms with Gasteiger partial charge in [-0.2, -0.15) is 0 Å². The van der Waals surface area contributed by atoms with Crippen molar-refractivity contribution in [3.05, 3.63) is 20.8 Å². The molecule has 0 aliphatic carbocycles.